The Hall–Kier alpha value is -0.860. The maximum absolute atomic E-state index is 2.66. The van der Waals surface area contributed by atoms with Crippen molar-refractivity contribution in [1.29, 1.82) is 0 Å². The van der Waals surface area contributed by atoms with Crippen molar-refractivity contribution in [3.63, 3.8) is 0 Å². The fourth-order valence-corrected chi connectivity index (χ4v) is 3.66. The molecule has 18 heavy (non-hydrogen) atoms. The molecule has 2 heterocycles. The number of fused-ring (bicyclic) bond motifs is 1. The van der Waals surface area contributed by atoms with E-state index in [1.165, 1.54) is 44.6 Å². The molecule has 0 spiro atoms. The Labute approximate surface area is 111 Å². The second kappa shape index (κ2) is 5.41. The van der Waals surface area contributed by atoms with Crippen LogP contribution < -0.4 is 0 Å². The first kappa shape index (κ1) is 12.2. The highest BCUT2D eigenvalue weighted by Crippen LogP contribution is 2.31. The second-order valence-corrected chi connectivity index (χ2v) is 6.10. The van der Waals surface area contributed by atoms with Gasteiger partial charge in [0.2, 0.25) is 0 Å². The van der Waals surface area contributed by atoms with Crippen molar-refractivity contribution in [3.05, 3.63) is 35.9 Å². The number of rotatable bonds is 2. The SMILES string of the molecule is CN1CCCC2CN(Cc3ccccc3)CC2C1. The Morgan fingerprint density at radius 1 is 1.06 bits per heavy atom. The molecule has 0 aliphatic carbocycles. The van der Waals surface area contributed by atoms with E-state index in [2.05, 4.69) is 47.2 Å². The molecular weight excluding hydrogens is 220 g/mol. The first-order chi connectivity index (χ1) is 8.81. The van der Waals surface area contributed by atoms with Crippen LogP contribution in [0.4, 0.5) is 0 Å². The van der Waals surface area contributed by atoms with Crippen LogP contribution in [-0.2, 0) is 6.54 Å². The Kier molecular flexibility index (Phi) is 3.67. The third kappa shape index (κ3) is 2.76. The molecule has 1 aromatic rings. The van der Waals surface area contributed by atoms with Gasteiger partial charge in [-0.2, -0.15) is 0 Å². The van der Waals surface area contributed by atoms with Crippen LogP contribution in [0.1, 0.15) is 18.4 Å². The van der Waals surface area contributed by atoms with Gasteiger partial charge in [0.15, 0.2) is 0 Å². The molecule has 2 heteroatoms. The molecule has 2 unspecified atom stereocenters. The molecule has 0 saturated carbocycles. The Balaban J connectivity index is 1.61. The zero-order valence-corrected chi connectivity index (χ0v) is 11.4. The Bertz CT molecular complexity index is 376. The zero-order chi connectivity index (χ0) is 12.4. The molecule has 0 radical (unpaired) electrons. The minimum Gasteiger partial charge on any atom is -0.306 e. The van der Waals surface area contributed by atoms with E-state index in [0.29, 0.717) is 0 Å². The van der Waals surface area contributed by atoms with E-state index < -0.39 is 0 Å². The molecule has 2 fully saturated rings. The predicted molar refractivity (Wildman–Crippen MR) is 75.4 cm³/mol. The Morgan fingerprint density at radius 2 is 1.83 bits per heavy atom. The number of nitrogens with zero attached hydrogens (tertiary/aromatic N) is 2. The topological polar surface area (TPSA) is 6.48 Å². The van der Waals surface area contributed by atoms with Crippen molar-refractivity contribution in [2.24, 2.45) is 11.8 Å². The average molecular weight is 244 g/mol. The summed E-state index contributed by atoms with van der Waals surface area (Å²) < 4.78 is 0. The molecule has 2 aliphatic heterocycles. The predicted octanol–water partition coefficient (Wildman–Crippen LogP) is 2.46. The summed E-state index contributed by atoms with van der Waals surface area (Å²) in [4.78, 5) is 5.18. The quantitative estimate of drug-likeness (QED) is 0.788. The smallest absolute Gasteiger partial charge is 0.0233 e. The van der Waals surface area contributed by atoms with Crippen molar-refractivity contribution in [1.82, 2.24) is 9.80 Å². The summed E-state index contributed by atoms with van der Waals surface area (Å²) >= 11 is 0. The zero-order valence-electron chi connectivity index (χ0n) is 11.4. The van der Waals surface area contributed by atoms with E-state index in [0.717, 1.165) is 18.4 Å². The summed E-state index contributed by atoms with van der Waals surface area (Å²) in [5, 5.41) is 0. The highest BCUT2D eigenvalue weighted by molar-refractivity contribution is 5.14. The van der Waals surface area contributed by atoms with Gasteiger partial charge < -0.3 is 4.90 Å². The van der Waals surface area contributed by atoms with Gasteiger partial charge in [-0.3, -0.25) is 4.90 Å². The van der Waals surface area contributed by atoms with Gasteiger partial charge in [-0.05, 0) is 43.8 Å². The van der Waals surface area contributed by atoms with E-state index in [4.69, 9.17) is 0 Å². The minimum atomic E-state index is 0.904. The van der Waals surface area contributed by atoms with Gasteiger partial charge in [0, 0.05) is 26.2 Å². The summed E-state index contributed by atoms with van der Waals surface area (Å²) in [6.45, 7) is 6.34. The van der Waals surface area contributed by atoms with Crippen LogP contribution >= 0.6 is 0 Å². The summed E-state index contributed by atoms with van der Waals surface area (Å²) in [6, 6.07) is 10.9. The van der Waals surface area contributed by atoms with Crippen LogP contribution in [-0.4, -0.2) is 43.0 Å². The lowest BCUT2D eigenvalue weighted by Gasteiger charge is -2.20. The molecule has 2 aliphatic rings. The average Bonchev–Trinajstić information content (AvgIpc) is 2.64. The first-order valence-corrected chi connectivity index (χ1v) is 7.26. The van der Waals surface area contributed by atoms with Crippen LogP contribution in [0.2, 0.25) is 0 Å². The van der Waals surface area contributed by atoms with E-state index in [1.54, 1.807) is 0 Å². The summed E-state index contributed by atoms with van der Waals surface area (Å²) in [6.07, 6.45) is 2.82. The van der Waals surface area contributed by atoms with Gasteiger partial charge in [0.1, 0.15) is 0 Å². The molecule has 3 rings (SSSR count). The molecule has 0 aromatic heterocycles. The molecule has 2 atom stereocenters. The van der Waals surface area contributed by atoms with Gasteiger partial charge in [0.25, 0.3) is 0 Å². The molecule has 2 saturated heterocycles. The molecule has 0 amide bonds. The number of hydrogen-bond acceptors (Lipinski definition) is 2. The van der Waals surface area contributed by atoms with Crippen molar-refractivity contribution in [2.45, 2.75) is 19.4 Å². The van der Waals surface area contributed by atoms with E-state index >= 15 is 0 Å². The number of hydrogen-bond donors (Lipinski definition) is 0. The third-order valence-electron chi connectivity index (χ3n) is 4.56. The van der Waals surface area contributed by atoms with Crippen LogP contribution in [0.15, 0.2) is 30.3 Å². The molecule has 0 N–H and O–H groups in total. The standard InChI is InChI=1S/C16H24N2/c1-17-9-5-8-15-12-18(13-16(15)11-17)10-14-6-3-2-4-7-14/h2-4,6-7,15-16H,5,8-13H2,1H3. The van der Waals surface area contributed by atoms with Crippen LogP contribution in [0.5, 0.6) is 0 Å². The van der Waals surface area contributed by atoms with Gasteiger partial charge in [0.05, 0.1) is 0 Å². The molecular formula is C16H24N2. The molecule has 2 nitrogen and oxygen atoms in total. The normalized spacial score (nSPS) is 30.1. The summed E-state index contributed by atoms with van der Waals surface area (Å²) in [7, 11) is 2.28. The lowest BCUT2D eigenvalue weighted by atomic mass is 9.93. The molecule has 1 aromatic carbocycles. The molecule has 98 valence electrons. The largest absolute Gasteiger partial charge is 0.306 e. The van der Waals surface area contributed by atoms with Gasteiger partial charge >= 0.3 is 0 Å². The van der Waals surface area contributed by atoms with E-state index in [-0.39, 0.29) is 0 Å². The minimum absolute atomic E-state index is 0.904. The van der Waals surface area contributed by atoms with Gasteiger partial charge in [-0.15, -0.1) is 0 Å². The maximum atomic E-state index is 2.66. The highest BCUT2D eigenvalue weighted by atomic mass is 15.2. The van der Waals surface area contributed by atoms with Crippen molar-refractivity contribution in [2.75, 3.05) is 33.2 Å². The monoisotopic (exact) mass is 244 g/mol. The van der Waals surface area contributed by atoms with Crippen LogP contribution in [0.3, 0.4) is 0 Å². The fraction of sp³-hybridized carbons (Fsp3) is 0.625. The first-order valence-electron chi connectivity index (χ1n) is 7.26. The van der Waals surface area contributed by atoms with Gasteiger partial charge in [-0.1, -0.05) is 30.3 Å². The van der Waals surface area contributed by atoms with Crippen LogP contribution in [0, 0.1) is 11.8 Å². The fourth-order valence-electron chi connectivity index (χ4n) is 3.66. The van der Waals surface area contributed by atoms with Crippen molar-refractivity contribution < 1.29 is 0 Å². The number of benzene rings is 1. The summed E-state index contributed by atoms with van der Waals surface area (Å²) in [5.74, 6) is 1.85. The van der Waals surface area contributed by atoms with E-state index in [9.17, 15) is 0 Å². The van der Waals surface area contributed by atoms with Crippen LogP contribution in [0.25, 0.3) is 0 Å². The Morgan fingerprint density at radius 3 is 2.67 bits per heavy atom. The lowest BCUT2D eigenvalue weighted by molar-refractivity contribution is 0.267. The second-order valence-electron chi connectivity index (χ2n) is 6.10. The van der Waals surface area contributed by atoms with Crippen molar-refractivity contribution >= 4 is 0 Å². The molecule has 0 bridgehead atoms. The maximum Gasteiger partial charge on any atom is 0.0233 e. The summed E-state index contributed by atoms with van der Waals surface area (Å²) in [5.41, 5.74) is 1.46. The lowest BCUT2D eigenvalue weighted by Crippen LogP contribution is -2.28. The highest BCUT2D eigenvalue weighted by Gasteiger charge is 2.34. The third-order valence-corrected chi connectivity index (χ3v) is 4.56. The van der Waals surface area contributed by atoms with Crippen molar-refractivity contribution in [3.8, 4) is 0 Å². The number of likely N-dealkylation sites (tertiary alicyclic amines) is 2. The van der Waals surface area contributed by atoms with Gasteiger partial charge in [-0.25, -0.2) is 0 Å². The van der Waals surface area contributed by atoms with E-state index in [1.807, 2.05) is 0 Å².